The lowest BCUT2D eigenvalue weighted by Crippen LogP contribution is -2.48. The average molecular weight is 442 g/mol. The zero-order chi connectivity index (χ0) is 22.8. The molecule has 1 aromatic carbocycles. The number of pyridine rings is 1. The minimum atomic E-state index is -0.0344. The number of aliphatic hydroxyl groups is 1. The fraction of sp³-hybridized carbons (Fsp3) is 0.500. The number of hydrogen-bond donors (Lipinski definition) is 3. The lowest BCUT2D eigenvalue weighted by Gasteiger charge is -2.33. The fourth-order valence-electron chi connectivity index (χ4n) is 3.67. The van der Waals surface area contributed by atoms with Crippen molar-refractivity contribution in [3.05, 3.63) is 47.7 Å². The number of anilines is 1. The van der Waals surface area contributed by atoms with E-state index in [9.17, 15) is 0 Å². The summed E-state index contributed by atoms with van der Waals surface area (Å²) in [4.78, 5) is 11.7. The molecule has 0 atom stereocenters. The van der Waals surface area contributed by atoms with E-state index in [1.54, 1.807) is 7.11 Å². The van der Waals surface area contributed by atoms with Crippen LogP contribution >= 0.6 is 0 Å². The number of hydrogen-bond acceptors (Lipinski definition) is 6. The number of benzene rings is 1. The Balaban J connectivity index is 1.56. The monoisotopic (exact) mass is 441 g/mol. The van der Waals surface area contributed by atoms with Gasteiger partial charge in [0.15, 0.2) is 17.5 Å². The molecule has 174 valence electrons. The number of ether oxygens (including phenoxy) is 2. The molecule has 0 radical (unpaired) electrons. The van der Waals surface area contributed by atoms with Gasteiger partial charge in [0.2, 0.25) is 0 Å². The standard InChI is InChI=1S/C24H35N5O3/c1-4-25-24(27-17-19-6-7-21(32-14-13-30)22(15-19)31-3)28-20-9-11-29(12-10-20)23-8-5-18(2)16-26-23/h5-8,15-16,20,30H,4,9-14,17H2,1-3H3,(H2,25,27,28). The van der Waals surface area contributed by atoms with Crippen LogP contribution in [0.4, 0.5) is 5.82 Å². The molecule has 0 bridgehead atoms. The van der Waals surface area contributed by atoms with Crippen molar-refractivity contribution >= 4 is 11.8 Å². The highest BCUT2D eigenvalue weighted by Crippen LogP contribution is 2.28. The molecule has 8 nitrogen and oxygen atoms in total. The van der Waals surface area contributed by atoms with E-state index in [1.165, 1.54) is 5.56 Å². The largest absolute Gasteiger partial charge is 0.493 e. The predicted molar refractivity (Wildman–Crippen MR) is 128 cm³/mol. The van der Waals surface area contributed by atoms with Gasteiger partial charge in [-0.05, 0) is 56.0 Å². The molecule has 0 spiro atoms. The van der Waals surface area contributed by atoms with Gasteiger partial charge < -0.3 is 30.1 Å². The van der Waals surface area contributed by atoms with Crippen LogP contribution in [0, 0.1) is 6.92 Å². The van der Waals surface area contributed by atoms with Gasteiger partial charge in [-0.2, -0.15) is 0 Å². The molecule has 2 heterocycles. The molecular formula is C24H35N5O3. The quantitative estimate of drug-likeness (QED) is 0.407. The van der Waals surface area contributed by atoms with Crippen molar-refractivity contribution in [2.45, 2.75) is 39.3 Å². The Morgan fingerprint density at radius 2 is 2.03 bits per heavy atom. The fourth-order valence-corrected chi connectivity index (χ4v) is 3.67. The summed E-state index contributed by atoms with van der Waals surface area (Å²) in [5.41, 5.74) is 2.21. The first-order chi connectivity index (χ1) is 15.6. The topological polar surface area (TPSA) is 91.2 Å². The van der Waals surface area contributed by atoms with Gasteiger partial charge in [0.05, 0.1) is 20.3 Å². The van der Waals surface area contributed by atoms with Gasteiger partial charge >= 0.3 is 0 Å². The number of aromatic nitrogens is 1. The molecule has 1 aliphatic rings. The van der Waals surface area contributed by atoms with Gasteiger partial charge in [0.25, 0.3) is 0 Å². The molecule has 32 heavy (non-hydrogen) atoms. The van der Waals surface area contributed by atoms with E-state index in [0.29, 0.717) is 24.1 Å². The van der Waals surface area contributed by atoms with Gasteiger partial charge in [-0.15, -0.1) is 0 Å². The van der Waals surface area contributed by atoms with Crippen LogP contribution in [0.15, 0.2) is 41.5 Å². The van der Waals surface area contributed by atoms with Crippen LogP contribution in [0.5, 0.6) is 11.5 Å². The summed E-state index contributed by atoms with van der Waals surface area (Å²) < 4.78 is 10.9. The number of aliphatic imine (C=N–C) groups is 1. The Hall–Kier alpha value is -3.00. The smallest absolute Gasteiger partial charge is 0.191 e. The van der Waals surface area contributed by atoms with Gasteiger partial charge in [0, 0.05) is 31.9 Å². The second-order valence-electron chi connectivity index (χ2n) is 7.85. The Kier molecular flexibility index (Phi) is 8.98. The Labute approximate surface area is 190 Å². The van der Waals surface area contributed by atoms with Crippen molar-refractivity contribution in [1.29, 1.82) is 0 Å². The molecule has 0 saturated carbocycles. The van der Waals surface area contributed by atoms with E-state index < -0.39 is 0 Å². The van der Waals surface area contributed by atoms with Crippen LogP contribution in [-0.2, 0) is 6.54 Å². The molecule has 3 N–H and O–H groups in total. The molecular weight excluding hydrogens is 406 g/mol. The predicted octanol–water partition coefficient (Wildman–Crippen LogP) is 2.49. The van der Waals surface area contributed by atoms with Crippen LogP contribution in [0.3, 0.4) is 0 Å². The van der Waals surface area contributed by atoms with Gasteiger partial charge in [-0.1, -0.05) is 12.1 Å². The molecule has 1 aromatic heterocycles. The minimum Gasteiger partial charge on any atom is -0.493 e. The van der Waals surface area contributed by atoms with Gasteiger partial charge in [-0.3, -0.25) is 0 Å². The van der Waals surface area contributed by atoms with E-state index in [1.807, 2.05) is 24.4 Å². The van der Waals surface area contributed by atoms with E-state index in [0.717, 1.165) is 49.8 Å². The first-order valence-corrected chi connectivity index (χ1v) is 11.3. The van der Waals surface area contributed by atoms with E-state index in [-0.39, 0.29) is 13.2 Å². The number of aliphatic hydroxyl groups excluding tert-OH is 1. The van der Waals surface area contributed by atoms with E-state index >= 15 is 0 Å². The summed E-state index contributed by atoms with van der Waals surface area (Å²) in [6.45, 7) is 7.60. The van der Waals surface area contributed by atoms with Crippen LogP contribution in [0.2, 0.25) is 0 Å². The van der Waals surface area contributed by atoms with Crippen molar-refractivity contribution < 1.29 is 14.6 Å². The summed E-state index contributed by atoms with van der Waals surface area (Å²) in [7, 11) is 1.61. The lowest BCUT2D eigenvalue weighted by molar-refractivity contribution is 0.196. The first kappa shape index (κ1) is 23.7. The van der Waals surface area contributed by atoms with Gasteiger partial charge in [0.1, 0.15) is 12.4 Å². The number of nitrogens with zero attached hydrogens (tertiary/aromatic N) is 3. The highest BCUT2D eigenvalue weighted by atomic mass is 16.5. The zero-order valence-corrected chi connectivity index (χ0v) is 19.3. The highest BCUT2D eigenvalue weighted by molar-refractivity contribution is 5.80. The second kappa shape index (κ2) is 12.1. The zero-order valence-electron chi connectivity index (χ0n) is 19.3. The lowest BCUT2D eigenvalue weighted by atomic mass is 10.1. The maximum Gasteiger partial charge on any atom is 0.191 e. The van der Waals surface area contributed by atoms with E-state index in [4.69, 9.17) is 19.6 Å². The number of aryl methyl sites for hydroxylation is 1. The average Bonchev–Trinajstić information content (AvgIpc) is 2.82. The molecule has 0 unspecified atom stereocenters. The summed E-state index contributed by atoms with van der Waals surface area (Å²) in [6.07, 6.45) is 3.99. The molecule has 1 fully saturated rings. The second-order valence-corrected chi connectivity index (χ2v) is 7.85. The molecule has 3 rings (SSSR count). The summed E-state index contributed by atoms with van der Waals surface area (Å²) in [5, 5.41) is 15.9. The molecule has 2 aromatic rings. The number of piperidine rings is 1. The maximum atomic E-state index is 8.96. The third kappa shape index (κ3) is 6.75. The molecule has 0 amide bonds. The van der Waals surface area contributed by atoms with Crippen molar-refractivity contribution in [2.24, 2.45) is 4.99 Å². The number of nitrogens with one attached hydrogen (secondary N) is 2. The third-order valence-electron chi connectivity index (χ3n) is 5.40. The van der Waals surface area contributed by atoms with Crippen molar-refractivity contribution in [1.82, 2.24) is 15.6 Å². The summed E-state index contributed by atoms with van der Waals surface area (Å²) in [5.74, 6) is 3.13. The molecule has 8 heteroatoms. The summed E-state index contributed by atoms with van der Waals surface area (Å²) in [6, 6.07) is 10.3. The normalized spacial score (nSPS) is 14.9. The summed E-state index contributed by atoms with van der Waals surface area (Å²) >= 11 is 0. The van der Waals surface area contributed by atoms with Crippen LogP contribution < -0.4 is 25.0 Å². The SMILES string of the molecule is CCNC(=NCc1ccc(OCCO)c(OC)c1)NC1CCN(c2ccc(C)cn2)CC1. The number of rotatable bonds is 9. The highest BCUT2D eigenvalue weighted by Gasteiger charge is 2.21. The van der Waals surface area contributed by atoms with Crippen LogP contribution in [-0.4, -0.2) is 62.0 Å². The third-order valence-corrected chi connectivity index (χ3v) is 5.40. The Bertz CT molecular complexity index is 864. The van der Waals surface area contributed by atoms with Crippen molar-refractivity contribution in [3.63, 3.8) is 0 Å². The maximum absolute atomic E-state index is 8.96. The minimum absolute atomic E-state index is 0.0344. The number of guanidine groups is 1. The van der Waals surface area contributed by atoms with Gasteiger partial charge in [-0.25, -0.2) is 9.98 Å². The molecule has 0 aliphatic carbocycles. The Morgan fingerprint density at radius 3 is 2.69 bits per heavy atom. The van der Waals surface area contributed by atoms with Crippen molar-refractivity contribution in [2.75, 3.05) is 44.9 Å². The Morgan fingerprint density at radius 1 is 1.22 bits per heavy atom. The van der Waals surface area contributed by atoms with Crippen molar-refractivity contribution in [3.8, 4) is 11.5 Å². The molecule has 1 saturated heterocycles. The van der Waals surface area contributed by atoms with Crippen LogP contribution in [0.1, 0.15) is 30.9 Å². The number of methoxy groups -OCH3 is 1. The first-order valence-electron chi connectivity index (χ1n) is 11.3. The van der Waals surface area contributed by atoms with E-state index in [2.05, 4.69) is 46.5 Å². The molecule has 1 aliphatic heterocycles. The van der Waals surface area contributed by atoms with Crippen LogP contribution in [0.25, 0.3) is 0 Å².